The Morgan fingerprint density at radius 1 is 1.11 bits per heavy atom. The topological polar surface area (TPSA) is 37.3 Å². The standard InChI is InChI=1S/C16H14O2/c1-2-7-12-10-6-11-14(16(17)18)15(12)13-8-4-3-5-9-13/h2-6,8-11H,1,7H2,(H,17,18). The van der Waals surface area contributed by atoms with Crippen molar-refractivity contribution < 1.29 is 9.90 Å². The van der Waals surface area contributed by atoms with Crippen molar-refractivity contribution >= 4 is 5.97 Å². The zero-order valence-corrected chi connectivity index (χ0v) is 9.97. The molecule has 0 heterocycles. The van der Waals surface area contributed by atoms with Gasteiger partial charge in [0, 0.05) is 0 Å². The molecule has 0 amide bonds. The van der Waals surface area contributed by atoms with Gasteiger partial charge in [-0.15, -0.1) is 6.58 Å². The van der Waals surface area contributed by atoms with E-state index in [1.807, 2.05) is 36.4 Å². The highest BCUT2D eigenvalue weighted by molar-refractivity contribution is 5.97. The van der Waals surface area contributed by atoms with Gasteiger partial charge in [0.05, 0.1) is 5.56 Å². The summed E-state index contributed by atoms with van der Waals surface area (Å²) in [6, 6.07) is 14.9. The van der Waals surface area contributed by atoms with Crippen LogP contribution in [0.5, 0.6) is 0 Å². The number of carboxylic acids is 1. The summed E-state index contributed by atoms with van der Waals surface area (Å²) in [5, 5.41) is 9.29. The minimum atomic E-state index is -0.903. The molecule has 18 heavy (non-hydrogen) atoms. The highest BCUT2D eigenvalue weighted by Gasteiger charge is 2.14. The Kier molecular flexibility index (Phi) is 3.58. The SMILES string of the molecule is C=CCc1cccc(C(=O)O)c1-c1ccccc1. The van der Waals surface area contributed by atoms with Crippen LogP contribution in [0.15, 0.2) is 61.2 Å². The van der Waals surface area contributed by atoms with E-state index < -0.39 is 5.97 Å². The number of carboxylic acid groups (broad SMARTS) is 1. The van der Waals surface area contributed by atoms with Crippen LogP contribution in [-0.2, 0) is 6.42 Å². The number of rotatable bonds is 4. The molecule has 1 N–H and O–H groups in total. The average Bonchev–Trinajstić information content (AvgIpc) is 2.40. The van der Waals surface area contributed by atoms with Crippen molar-refractivity contribution in [3.63, 3.8) is 0 Å². The zero-order chi connectivity index (χ0) is 13.0. The monoisotopic (exact) mass is 238 g/mol. The van der Waals surface area contributed by atoms with Crippen molar-refractivity contribution in [2.24, 2.45) is 0 Å². The quantitative estimate of drug-likeness (QED) is 0.823. The third-order valence-electron chi connectivity index (χ3n) is 2.81. The summed E-state index contributed by atoms with van der Waals surface area (Å²) in [6.07, 6.45) is 2.44. The number of allylic oxidation sites excluding steroid dienone is 1. The van der Waals surface area contributed by atoms with E-state index in [0.717, 1.165) is 16.7 Å². The molecule has 0 spiro atoms. The van der Waals surface area contributed by atoms with Crippen LogP contribution in [0.3, 0.4) is 0 Å². The molecule has 0 radical (unpaired) electrons. The largest absolute Gasteiger partial charge is 0.478 e. The molecule has 0 aliphatic carbocycles. The second-order valence-electron chi connectivity index (χ2n) is 4.00. The Bertz CT molecular complexity index is 571. The summed E-state index contributed by atoms with van der Waals surface area (Å²) in [5.41, 5.74) is 3.02. The molecule has 2 aromatic rings. The van der Waals surface area contributed by atoms with Crippen molar-refractivity contribution in [2.75, 3.05) is 0 Å². The number of benzene rings is 2. The third kappa shape index (κ3) is 2.33. The lowest BCUT2D eigenvalue weighted by atomic mass is 9.93. The first-order valence-corrected chi connectivity index (χ1v) is 5.75. The molecule has 90 valence electrons. The van der Waals surface area contributed by atoms with E-state index in [1.165, 1.54) is 0 Å². The fourth-order valence-corrected chi connectivity index (χ4v) is 2.05. The van der Waals surface area contributed by atoms with E-state index in [4.69, 9.17) is 0 Å². The van der Waals surface area contributed by atoms with Gasteiger partial charge in [-0.2, -0.15) is 0 Å². The van der Waals surface area contributed by atoms with Gasteiger partial charge in [-0.3, -0.25) is 0 Å². The highest BCUT2D eigenvalue weighted by Crippen LogP contribution is 2.28. The molecule has 2 nitrogen and oxygen atoms in total. The first kappa shape index (κ1) is 12.1. The lowest BCUT2D eigenvalue weighted by Crippen LogP contribution is -2.02. The Morgan fingerprint density at radius 3 is 2.44 bits per heavy atom. The molecule has 2 aromatic carbocycles. The predicted molar refractivity (Wildman–Crippen MR) is 72.7 cm³/mol. The maximum Gasteiger partial charge on any atom is 0.336 e. The highest BCUT2D eigenvalue weighted by atomic mass is 16.4. The van der Waals surface area contributed by atoms with Crippen molar-refractivity contribution in [3.05, 3.63) is 72.3 Å². The average molecular weight is 238 g/mol. The smallest absolute Gasteiger partial charge is 0.336 e. The van der Waals surface area contributed by atoms with Gasteiger partial charge in [-0.1, -0.05) is 48.5 Å². The molecular formula is C16H14O2. The Morgan fingerprint density at radius 2 is 1.83 bits per heavy atom. The second-order valence-corrected chi connectivity index (χ2v) is 4.00. The predicted octanol–water partition coefficient (Wildman–Crippen LogP) is 3.78. The summed E-state index contributed by atoms with van der Waals surface area (Å²) >= 11 is 0. The molecule has 2 heteroatoms. The molecular weight excluding hydrogens is 224 g/mol. The summed E-state index contributed by atoms with van der Waals surface area (Å²) in [5.74, 6) is -0.903. The molecule has 0 aromatic heterocycles. The maximum absolute atomic E-state index is 11.3. The molecule has 0 atom stereocenters. The molecule has 2 rings (SSSR count). The Hall–Kier alpha value is -2.35. The zero-order valence-electron chi connectivity index (χ0n) is 9.97. The number of carbonyl (C=O) groups is 1. The van der Waals surface area contributed by atoms with E-state index in [9.17, 15) is 9.90 Å². The fourth-order valence-electron chi connectivity index (χ4n) is 2.05. The van der Waals surface area contributed by atoms with E-state index >= 15 is 0 Å². The molecule has 0 unspecified atom stereocenters. The molecule has 0 aliphatic heterocycles. The van der Waals surface area contributed by atoms with Gasteiger partial charge in [-0.25, -0.2) is 4.79 Å². The Balaban J connectivity index is 2.68. The van der Waals surface area contributed by atoms with Crippen molar-refractivity contribution in [3.8, 4) is 11.1 Å². The first-order chi connectivity index (χ1) is 8.74. The van der Waals surface area contributed by atoms with Gasteiger partial charge in [0.1, 0.15) is 0 Å². The minimum Gasteiger partial charge on any atom is -0.478 e. The van der Waals surface area contributed by atoms with Crippen LogP contribution in [0, 0.1) is 0 Å². The summed E-state index contributed by atoms with van der Waals surface area (Å²) in [6.45, 7) is 3.72. The molecule has 0 saturated carbocycles. The normalized spacial score (nSPS) is 10.0. The van der Waals surface area contributed by atoms with Crippen LogP contribution >= 0.6 is 0 Å². The fraction of sp³-hybridized carbons (Fsp3) is 0.0625. The molecule has 0 bridgehead atoms. The van der Waals surface area contributed by atoms with Gasteiger partial charge in [0.15, 0.2) is 0 Å². The molecule has 0 aliphatic rings. The first-order valence-electron chi connectivity index (χ1n) is 5.75. The number of hydrogen-bond acceptors (Lipinski definition) is 1. The minimum absolute atomic E-state index is 0.334. The van der Waals surface area contributed by atoms with E-state index in [1.54, 1.807) is 18.2 Å². The van der Waals surface area contributed by atoms with Gasteiger partial charge >= 0.3 is 5.97 Å². The van der Waals surface area contributed by atoms with Gasteiger partial charge in [0.25, 0.3) is 0 Å². The van der Waals surface area contributed by atoms with Crippen molar-refractivity contribution in [1.29, 1.82) is 0 Å². The molecule has 0 fully saturated rings. The van der Waals surface area contributed by atoms with Crippen molar-refractivity contribution in [2.45, 2.75) is 6.42 Å². The maximum atomic E-state index is 11.3. The van der Waals surface area contributed by atoms with Crippen molar-refractivity contribution in [1.82, 2.24) is 0 Å². The Labute approximate surface area is 106 Å². The van der Waals surface area contributed by atoms with E-state index in [2.05, 4.69) is 6.58 Å². The number of aromatic carboxylic acids is 1. The van der Waals surface area contributed by atoms with Crippen LogP contribution in [-0.4, -0.2) is 11.1 Å². The number of hydrogen-bond donors (Lipinski definition) is 1. The van der Waals surface area contributed by atoms with Crippen LogP contribution in [0.1, 0.15) is 15.9 Å². The summed E-state index contributed by atoms with van der Waals surface area (Å²) < 4.78 is 0. The molecule has 0 saturated heterocycles. The van der Waals surface area contributed by atoms with Crippen LogP contribution in [0.25, 0.3) is 11.1 Å². The van der Waals surface area contributed by atoms with Gasteiger partial charge in [-0.05, 0) is 29.2 Å². The summed E-state index contributed by atoms with van der Waals surface area (Å²) in [4.78, 5) is 11.3. The van der Waals surface area contributed by atoms with Crippen LogP contribution in [0.4, 0.5) is 0 Å². The van der Waals surface area contributed by atoms with E-state index in [0.29, 0.717) is 12.0 Å². The van der Waals surface area contributed by atoms with Crippen LogP contribution in [0.2, 0.25) is 0 Å². The summed E-state index contributed by atoms with van der Waals surface area (Å²) in [7, 11) is 0. The van der Waals surface area contributed by atoms with Gasteiger partial charge < -0.3 is 5.11 Å². The van der Waals surface area contributed by atoms with Crippen LogP contribution < -0.4 is 0 Å². The van der Waals surface area contributed by atoms with Gasteiger partial charge in [0.2, 0.25) is 0 Å². The second kappa shape index (κ2) is 5.32. The lowest BCUT2D eigenvalue weighted by molar-refractivity contribution is 0.0697. The third-order valence-corrected chi connectivity index (χ3v) is 2.81. The van der Waals surface area contributed by atoms with E-state index in [-0.39, 0.29) is 0 Å². The lowest BCUT2D eigenvalue weighted by Gasteiger charge is -2.11.